The van der Waals surface area contributed by atoms with Crippen molar-refractivity contribution in [3.8, 4) is 17.0 Å². The molecule has 2 aromatic carbocycles. The summed E-state index contributed by atoms with van der Waals surface area (Å²) >= 11 is 5.78. The molecule has 0 unspecified atom stereocenters. The number of rotatable bonds is 6. The monoisotopic (exact) mass is 512 g/mol. The van der Waals surface area contributed by atoms with Gasteiger partial charge in [0.25, 0.3) is 0 Å². The number of carbonyl (C=O) groups excluding carboxylic acids is 1. The molecule has 0 aliphatic carbocycles. The van der Waals surface area contributed by atoms with Crippen molar-refractivity contribution >= 4 is 17.7 Å². The number of amides is 1. The third-order valence-corrected chi connectivity index (χ3v) is 6.18. The molecule has 1 amide bonds. The summed E-state index contributed by atoms with van der Waals surface area (Å²) in [5.74, 6) is -1.23. The first-order valence-electron chi connectivity index (χ1n) is 10.6. The van der Waals surface area contributed by atoms with Gasteiger partial charge in [-0.3, -0.25) is 0 Å². The molecular formula is C25H25ClF4N2O3. The number of likely N-dealkylation sites (N-methyl/N-ethyl adjacent to an activating group) is 1. The molecule has 3 aromatic rings. The molecule has 0 atom stereocenters. The summed E-state index contributed by atoms with van der Waals surface area (Å²) in [5.41, 5.74) is -1.81. The summed E-state index contributed by atoms with van der Waals surface area (Å²) in [7, 11) is 1.36. The molecule has 0 aliphatic rings. The van der Waals surface area contributed by atoms with Gasteiger partial charge in [0.05, 0.1) is 23.7 Å². The highest BCUT2D eigenvalue weighted by atomic mass is 35.5. The largest absolute Gasteiger partial charge is 0.431 e. The molecule has 0 fully saturated rings. The number of benzene rings is 2. The predicted octanol–water partition coefficient (Wildman–Crippen LogP) is 6.52. The van der Waals surface area contributed by atoms with Crippen LogP contribution in [0.3, 0.4) is 0 Å². The van der Waals surface area contributed by atoms with E-state index in [9.17, 15) is 27.5 Å². The summed E-state index contributed by atoms with van der Waals surface area (Å²) in [6.07, 6.45) is -5.79. The van der Waals surface area contributed by atoms with E-state index in [1.165, 1.54) is 26.1 Å². The van der Waals surface area contributed by atoms with Crippen molar-refractivity contribution in [3.63, 3.8) is 0 Å². The Kier molecular flexibility index (Phi) is 7.52. The van der Waals surface area contributed by atoms with E-state index >= 15 is 0 Å². The average molecular weight is 513 g/mol. The van der Waals surface area contributed by atoms with E-state index in [1.807, 2.05) is 0 Å². The number of hydrogen-bond donors (Lipinski definition) is 1. The molecule has 0 aliphatic heterocycles. The van der Waals surface area contributed by atoms with Crippen molar-refractivity contribution < 1.29 is 32.2 Å². The minimum Gasteiger partial charge on any atom is -0.394 e. The van der Waals surface area contributed by atoms with Crippen LogP contribution in [0.5, 0.6) is 5.88 Å². The van der Waals surface area contributed by atoms with Gasteiger partial charge in [-0.1, -0.05) is 48.0 Å². The Bertz CT molecular complexity index is 1220. The zero-order valence-corrected chi connectivity index (χ0v) is 20.3. The SMILES string of the molecule is Cc1c(-c2ccc(Cl)c(F)c2)c(OC(=O)N(C)C(C)(C)CO)n(Cc2ccccc2)c1C(F)(F)F. The van der Waals surface area contributed by atoms with Crippen molar-refractivity contribution in [2.24, 2.45) is 0 Å². The molecule has 5 nitrogen and oxygen atoms in total. The maximum absolute atomic E-state index is 14.3. The zero-order chi connectivity index (χ0) is 26.1. The van der Waals surface area contributed by atoms with Gasteiger partial charge in [-0.2, -0.15) is 13.2 Å². The number of hydrogen-bond acceptors (Lipinski definition) is 3. The van der Waals surface area contributed by atoms with Crippen LogP contribution in [0.15, 0.2) is 48.5 Å². The Morgan fingerprint density at radius 3 is 2.31 bits per heavy atom. The molecule has 1 heterocycles. The molecule has 0 saturated heterocycles. The Morgan fingerprint density at radius 2 is 1.77 bits per heavy atom. The van der Waals surface area contributed by atoms with Gasteiger partial charge in [0.15, 0.2) is 0 Å². The quantitative estimate of drug-likeness (QED) is 0.382. The maximum Gasteiger partial charge on any atom is 0.431 e. The van der Waals surface area contributed by atoms with E-state index in [0.717, 1.165) is 15.5 Å². The van der Waals surface area contributed by atoms with Crippen LogP contribution in [0.4, 0.5) is 22.4 Å². The first-order valence-corrected chi connectivity index (χ1v) is 11.0. The number of aliphatic hydroxyl groups is 1. The maximum atomic E-state index is 14.3. The van der Waals surface area contributed by atoms with Crippen LogP contribution in [0.2, 0.25) is 5.02 Å². The van der Waals surface area contributed by atoms with Crippen LogP contribution in [-0.2, 0) is 12.7 Å². The van der Waals surface area contributed by atoms with E-state index in [1.54, 1.807) is 44.2 Å². The van der Waals surface area contributed by atoms with Crippen LogP contribution in [0.1, 0.15) is 30.7 Å². The van der Waals surface area contributed by atoms with Gasteiger partial charge >= 0.3 is 12.3 Å². The second kappa shape index (κ2) is 9.91. The molecule has 1 N–H and O–H groups in total. The molecule has 0 radical (unpaired) electrons. The molecule has 3 rings (SSSR count). The lowest BCUT2D eigenvalue weighted by Crippen LogP contribution is -2.49. The van der Waals surface area contributed by atoms with E-state index in [2.05, 4.69) is 0 Å². The lowest BCUT2D eigenvalue weighted by molar-refractivity contribution is -0.144. The number of aromatic nitrogens is 1. The smallest absolute Gasteiger partial charge is 0.394 e. The van der Waals surface area contributed by atoms with Crippen LogP contribution in [0, 0.1) is 12.7 Å². The fourth-order valence-electron chi connectivity index (χ4n) is 3.60. The van der Waals surface area contributed by atoms with Crippen LogP contribution in [-0.4, -0.2) is 39.9 Å². The molecule has 10 heteroatoms. The van der Waals surface area contributed by atoms with Crippen molar-refractivity contribution in [1.82, 2.24) is 9.47 Å². The molecule has 0 saturated carbocycles. The molecule has 188 valence electrons. The first kappa shape index (κ1) is 26.6. The fourth-order valence-corrected chi connectivity index (χ4v) is 3.72. The second-order valence-electron chi connectivity index (χ2n) is 8.75. The highest BCUT2D eigenvalue weighted by Crippen LogP contribution is 2.45. The van der Waals surface area contributed by atoms with Crippen molar-refractivity contribution in [2.45, 2.75) is 39.0 Å². The van der Waals surface area contributed by atoms with Crippen LogP contribution >= 0.6 is 11.6 Å². The van der Waals surface area contributed by atoms with Crippen molar-refractivity contribution in [1.29, 1.82) is 0 Å². The van der Waals surface area contributed by atoms with E-state index in [0.29, 0.717) is 5.56 Å². The average Bonchev–Trinajstić information content (AvgIpc) is 3.06. The molecular weight excluding hydrogens is 488 g/mol. The van der Waals surface area contributed by atoms with Crippen LogP contribution < -0.4 is 4.74 Å². The Morgan fingerprint density at radius 1 is 1.14 bits per heavy atom. The van der Waals surface area contributed by atoms with Gasteiger partial charge in [0.2, 0.25) is 5.88 Å². The first-order chi connectivity index (χ1) is 16.3. The number of ether oxygens (including phenoxy) is 1. The van der Waals surface area contributed by atoms with E-state index in [-0.39, 0.29) is 28.3 Å². The van der Waals surface area contributed by atoms with Gasteiger partial charge in [0, 0.05) is 12.6 Å². The number of alkyl halides is 3. The van der Waals surface area contributed by atoms with Gasteiger partial charge in [0.1, 0.15) is 11.5 Å². The second-order valence-corrected chi connectivity index (χ2v) is 9.16. The highest BCUT2D eigenvalue weighted by Gasteiger charge is 2.41. The normalized spacial score (nSPS) is 12.1. The zero-order valence-electron chi connectivity index (χ0n) is 19.6. The Balaban J connectivity index is 2.29. The Hall–Kier alpha value is -3.04. The van der Waals surface area contributed by atoms with Crippen molar-refractivity contribution in [3.05, 3.63) is 76.2 Å². The van der Waals surface area contributed by atoms with E-state index < -0.39 is 41.8 Å². The summed E-state index contributed by atoms with van der Waals surface area (Å²) in [6, 6.07) is 11.9. The predicted molar refractivity (Wildman–Crippen MR) is 125 cm³/mol. The lowest BCUT2D eigenvalue weighted by atomic mass is 10.0. The summed E-state index contributed by atoms with van der Waals surface area (Å²) in [5, 5.41) is 9.42. The number of nitrogens with zero attached hydrogens (tertiary/aromatic N) is 2. The molecule has 0 spiro atoms. The summed E-state index contributed by atoms with van der Waals surface area (Å²) < 4.78 is 63.6. The van der Waals surface area contributed by atoms with Gasteiger partial charge in [-0.05, 0) is 49.6 Å². The number of aliphatic hydroxyl groups excluding tert-OH is 1. The van der Waals surface area contributed by atoms with Gasteiger partial charge < -0.3 is 19.3 Å². The van der Waals surface area contributed by atoms with E-state index in [4.69, 9.17) is 16.3 Å². The minimum absolute atomic E-state index is 0.0635. The fraction of sp³-hybridized carbons (Fsp3) is 0.320. The van der Waals surface area contributed by atoms with Gasteiger partial charge in [-0.25, -0.2) is 9.18 Å². The minimum atomic E-state index is -4.81. The summed E-state index contributed by atoms with van der Waals surface area (Å²) in [4.78, 5) is 14.1. The Labute approximate surface area is 205 Å². The standard InChI is InChI=1S/C25H25ClF4N2O3/c1-15-20(17-10-11-18(26)19(27)12-17)22(35-23(34)31(4)24(2,3)14-33)32(21(15)25(28,29)30)13-16-8-6-5-7-9-16/h5-12,33H,13-14H2,1-4H3. The summed E-state index contributed by atoms with van der Waals surface area (Å²) in [6.45, 7) is 3.71. The third kappa shape index (κ3) is 5.46. The third-order valence-electron chi connectivity index (χ3n) is 5.87. The highest BCUT2D eigenvalue weighted by molar-refractivity contribution is 6.30. The molecule has 0 bridgehead atoms. The van der Waals surface area contributed by atoms with Crippen molar-refractivity contribution in [2.75, 3.05) is 13.7 Å². The molecule has 1 aromatic heterocycles. The molecule has 35 heavy (non-hydrogen) atoms. The number of halogens is 5. The topological polar surface area (TPSA) is 54.7 Å². The number of carbonyl (C=O) groups is 1. The van der Waals surface area contributed by atoms with Crippen LogP contribution in [0.25, 0.3) is 11.1 Å². The van der Waals surface area contributed by atoms with Gasteiger partial charge in [-0.15, -0.1) is 0 Å². The lowest BCUT2D eigenvalue weighted by Gasteiger charge is -2.33.